The summed E-state index contributed by atoms with van der Waals surface area (Å²) in [7, 11) is 1.85. The first-order chi connectivity index (χ1) is 16.1. The predicted molar refractivity (Wildman–Crippen MR) is 120 cm³/mol. The lowest BCUT2D eigenvalue weighted by atomic mass is 10.2. The third kappa shape index (κ3) is 5.74. The Bertz CT molecular complexity index is 1120. The Morgan fingerprint density at radius 2 is 1.88 bits per heavy atom. The summed E-state index contributed by atoms with van der Waals surface area (Å²) in [6.45, 7) is 2.60. The monoisotopic (exact) mass is 494 g/mol. The summed E-state index contributed by atoms with van der Waals surface area (Å²) in [5.74, 6) is 0.449. The van der Waals surface area contributed by atoms with E-state index in [4.69, 9.17) is 16.3 Å². The van der Waals surface area contributed by atoms with Gasteiger partial charge in [0.2, 0.25) is 0 Å². The summed E-state index contributed by atoms with van der Waals surface area (Å²) >= 11 is 6.01. The van der Waals surface area contributed by atoms with E-state index in [2.05, 4.69) is 9.73 Å². The predicted octanol–water partition coefficient (Wildman–Crippen LogP) is 4.45. The molecule has 4 rings (SSSR count). The lowest BCUT2D eigenvalue weighted by Crippen LogP contribution is -2.45. The zero-order valence-electron chi connectivity index (χ0n) is 18.4. The van der Waals surface area contributed by atoms with Gasteiger partial charge in [-0.3, -0.25) is 4.79 Å². The smallest absolute Gasteiger partial charge is 0.450 e. The quantitative estimate of drug-likeness (QED) is 0.567. The summed E-state index contributed by atoms with van der Waals surface area (Å²) < 4.78 is 47.9. The summed E-state index contributed by atoms with van der Waals surface area (Å²) in [6.07, 6.45) is -3.81. The van der Waals surface area contributed by atoms with Crippen LogP contribution < -0.4 is 9.47 Å². The van der Waals surface area contributed by atoms with Crippen LogP contribution in [-0.2, 0) is 11.3 Å². The van der Waals surface area contributed by atoms with Crippen LogP contribution in [0.15, 0.2) is 65.4 Å². The van der Waals surface area contributed by atoms with Gasteiger partial charge < -0.3 is 24.2 Å². The minimum absolute atomic E-state index is 0.0159. The second kappa shape index (κ2) is 9.46. The van der Waals surface area contributed by atoms with Crippen LogP contribution in [0.4, 0.5) is 13.2 Å². The van der Waals surface area contributed by atoms with Crippen LogP contribution in [0.3, 0.4) is 0 Å². The molecule has 0 spiro atoms. The number of Topliss-reactive ketones (excluding diaryl/α,β-unsaturated/α-hetero) is 1. The number of nitrogens with zero attached hydrogens (tertiary/aromatic N) is 4. The first-order valence-corrected chi connectivity index (χ1v) is 10.7. The van der Waals surface area contributed by atoms with Gasteiger partial charge >= 0.3 is 6.36 Å². The number of aliphatic imine (C=N–C) groups is 1. The number of rotatable bonds is 7. The molecular weight excluding hydrogens is 473 g/mol. The molecule has 2 aliphatic heterocycles. The Labute approximate surface area is 199 Å². The molecule has 7 nitrogen and oxygen atoms in total. The molecule has 11 heteroatoms. The number of ketones is 1. The van der Waals surface area contributed by atoms with Crippen LogP contribution in [0.5, 0.6) is 11.5 Å². The minimum Gasteiger partial charge on any atom is -0.450 e. The van der Waals surface area contributed by atoms with Gasteiger partial charge in [0.05, 0.1) is 13.2 Å². The molecule has 2 heterocycles. The molecule has 180 valence electrons. The van der Waals surface area contributed by atoms with Crippen molar-refractivity contribution in [1.29, 1.82) is 0 Å². The Morgan fingerprint density at radius 1 is 1.18 bits per heavy atom. The topological polar surface area (TPSA) is 57.6 Å². The molecule has 0 saturated heterocycles. The molecule has 2 aliphatic rings. The number of alkyl halides is 3. The maximum absolute atomic E-state index is 12.6. The molecule has 0 aliphatic carbocycles. The number of hydrogen-bond acceptors (Lipinski definition) is 7. The third-order valence-corrected chi connectivity index (χ3v) is 5.32. The highest BCUT2D eigenvalue weighted by atomic mass is 35.5. The number of fused-ring (bicyclic) bond motifs is 1. The number of carbonyl (C=O) groups excluding carboxylic acids is 1. The van der Waals surface area contributed by atoms with Crippen LogP contribution in [0.25, 0.3) is 0 Å². The van der Waals surface area contributed by atoms with Gasteiger partial charge in [-0.05, 0) is 36.8 Å². The fourth-order valence-corrected chi connectivity index (χ4v) is 3.88. The van der Waals surface area contributed by atoms with Crippen molar-refractivity contribution in [3.8, 4) is 11.5 Å². The van der Waals surface area contributed by atoms with Crippen molar-refractivity contribution in [3.63, 3.8) is 0 Å². The van der Waals surface area contributed by atoms with E-state index in [1.165, 1.54) is 25.1 Å². The van der Waals surface area contributed by atoms with Crippen molar-refractivity contribution in [2.24, 2.45) is 4.99 Å². The molecule has 34 heavy (non-hydrogen) atoms. The molecule has 0 amide bonds. The Hall–Kier alpha value is -3.40. The van der Waals surface area contributed by atoms with Crippen molar-refractivity contribution in [2.75, 3.05) is 20.3 Å². The average molecular weight is 495 g/mol. The molecular formula is C23H22ClF3N4O3. The fourth-order valence-electron chi connectivity index (χ4n) is 3.75. The molecule has 0 N–H and O–H groups in total. The maximum atomic E-state index is 12.6. The molecule has 0 fully saturated rings. The average Bonchev–Trinajstić information content (AvgIpc) is 3.06. The molecule has 2 aromatic rings. The van der Waals surface area contributed by atoms with E-state index >= 15 is 0 Å². The zero-order valence-corrected chi connectivity index (χ0v) is 19.2. The van der Waals surface area contributed by atoms with Gasteiger partial charge in [-0.2, -0.15) is 0 Å². The lowest BCUT2D eigenvalue weighted by Gasteiger charge is -2.35. The van der Waals surface area contributed by atoms with Crippen LogP contribution in [0.1, 0.15) is 12.5 Å². The molecule has 1 atom stereocenters. The van der Waals surface area contributed by atoms with Gasteiger partial charge in [-0.1, -0.05) is 29.8 Å². The first-order valence-electron chi connectivity index (χ1n) is 10.4. The van der Waals surface area contributed by atoms with Gasteiger partial charge in [-0.15, -0.1) is 13.2 Å². The van der Waals surface area contributed by atoms with E-state index in [-0.39, 0.29) is 23.8 Å². The van der Waals surface area contributed by atoms with Gasteiger partial charge in [0.15, 0.2) is 5.84 Å². The van der Waals surface area contributed by atoms with Crippen LogP contribution in [-0.4, -0.2) is 59.3 Å². The minimum atomic E-state index is -4.81. The number of likely N-dealkylation sites (N-methyl/N-ethyl adjacent to an activating group) is 1. The molecule has 0 bridgehead atoms. The number of ether oxygens (including phenoxy) is 2. The number of amidine groups is 1. The van der Waals surface area contributed by atoms with E-state index in [1.54, 1.807) is 12.1 Å². The number of carbonyl (C=O) groups is 1. The van der Waals surface area contributed by atoms with Crippen molar-refractivity contribution in [1.82, 2.24) is 14.7 Å². The standard InChI is InChI=1S/C23H22ClF3N4O3/c1-15(32)11-30-13-20-21(29(2)14-30)28-22(31(20)12-16-6-8-17(24)9-7-16)33-18-4-3-5-19(10-18)34-23(25,26)27/h3-10,13,22H,11-12,14H2,1-2H3. The third-order valence-electron chi connectivity index (χ3n) is 5.07. The molecule has 0 radical (unpaired) electrons. The Balaban J connectivity index is 1.64. The molecule has 2 aromatic carbocycles. The van der Waals surface area contributed by atoms with Crippen LogP contribution in [0, 0.1) is 0 Å². The van der Waals surface area contributed by atoms with E-state index in [9.17, 15) is 18.0 Å². The largest absolute Gasteiger partial charge is 0.573 e. The summed E-state index contributed by atoms with van der Waals surface area (Å²) in [6, 6.07) is 12.6. The highest BCUT2D eigenvalue weighted by Gasteiger charge is 2.38. The van der Waals surface area contributed by atoms with Crippen molar-refractivity contribution < 1.29 is 27.4 Å². The number of hydrogen-bond donors (Lipinski definition) is 0. The first kappa shape index (κ1) is 23.7. The summed E-state index contributed by atoms with van der Waals surface area (Å²) in [5, 5.41) is 0.598. The van der Waals surface area contributed by atoms with Gasteiger partial charge in [0.1, 0.15) is 23.0 Å². The van der Waals surface area contributed by atoms with Crippen LogP contribution in [0.2, 0.25) is 5.02 Å². The van der Waals surface area contributed by atoms with Gasteiger partial charge in [-0.25, -0.2) is 4.99 Å². The van der Waals surface area contributed by atoms with Gasteiger partial charge in [0, 0.05) is 30.9 Å². The molecule has 1 unspecified atom stereocenters. The van der Waals surface area contributed by atoms with E-state index in [0.29, 0.717) is 24.1 Å². The molecule has 0 aromatic heterocycles. The highest BCUT2D eigenvalue weighted by Crippen LogP contribution is 2.32. The molecule has 0 saturated carbocycles. The van der Waals surface area contributed by atoms with Crippen molar-refractivity contribution in [2.45, 2.75) is 26.2 Å². The van der Waals surface area contributed by atoms with E-state index < -0.39 is 12.7 Å². The highest BCUT2D eigenvalue weighted by molar-refractivity contribution is 6.30. The number of benzene rings is 2. The van der Waals surface area contributed by atoms with Gasteiger partial charge in [0.25, 0.3) is 6.35 Å². The maximum Gasteiger partial charge on any atom is 0.573 e. The Kier molecular flexibility index (Phi) is 6.60. The van der Waals surface area contributed by atoms with E-state index in [0.717, 1.165) is 17.3 Å². The normalized spacial score (nSPS) is 17.8. The second-order valence-corrected chi connectivity index (χ2v) is 8.41. The zero-order chi connectivity index (χ0) is 24.5. The summed E-state index contributed by atoms with van der Waals surface area (Å²) in [5.41, 5.74) is 1.66. The van der Waals surface area contributed by atoms with E-state index in [1.807, 2.05) is 40.1 Å². The lowest BCUT2D eigenvalue weighted by molar-refractivity contribution is -0.274. The number of halogens is 4. The van der Waals surface area contributed by atoms with Crippen molar-refractivity contribution >= 4 is 23.2 Å². The SMILES string of the molecule is CC(=O)CN1C=C2C(=NC(Oc3cccc(OC(F)(F)F)c3)N2Cc2ccc(Cl)cc2)N(C)C1. The Morgan fingerprint density at radius 3 is 2.56 bits per heavy atom. The second-order valence-electron chi connectivity index (χ2n) is 7.98. The van der Waals surface area contributed by atoms with Crippen LogP contribution >= 0.6 is 11.6 Å². The summed E-state index contributed by atoms with van der Waals surface area (Å²) in [4.78, 5) is 22.0. The fraction of sp³-hybridized carbons (Fsp3) is 0.304. The van der Waals surface area contributed by atoms with Crippen molar-refractivity contribution in [3.05, 3.63) is 71.0 Å².